The number of pyridine rings is 1. The lowest BCUT2D eigenvalue weighted by Crippen LogP contribution is -2.47. The molecule has 1 aliphatic rings. The zero-order valence-corrected chi connectivity index (χ0v) is 15.2. The smallest absolute Gasteiger partial charge is 0.253 e. The lowest BCUT2D eigenvalue weighted by Gasteiger charge is -2.34. The van der Waals surface area contributed by atoms with E-state index in [9.17, 15) is 9.90 Å². The number of rotatable bonds is 5. The van der Waals surface area contributed by atoms with Gasteiger partial charge in [-0.1, -0.05) is 18.2 Å². The van der Waals surface area contributed by atoms with Crippen LogP contribution < -0.4 is 10.5 Å². The van der Waals surface area contributed by atoms with Gasteiger partial charge in [0.05, 0.1) is 0 Å². The van der Waals surface area contributed by atoms with Crippen LogP contribution in [0.5, 0.6) is 5.88 Å². The summed E-state index contributed by atoms with van der Waals surface area (Å²) in [5.74, 6) is 0.842. The van der Waals surface area contributed by atoms with Crippen molar-refractivity contribution in [1.82, 2.24) is 19.4 Å². The quantitative estimate of drug-likeness (QED) is 0.742. The summed E-state index contributed by atoms with van der Waals surface area (Å²) in [6, 6.07) is 10.8. The Kier molecular flexibility index (Phi) is 5.02. The van der Waals surface area contributed by atoms with E-state index < -0.39 is 0 Å². The summed E-state index contributed by atoms with van der Waals surface area (Å²) in [5.41, 5.74) is -0.155. The number of hydrogen-bond donors (Lipinski definition) is 1. The van der Waals surface area contributed by atoms with E-state index >= 15 is 0 Å². The highest BCUT2D eigenvalue weighted by Crippen LogP contribution is 2.22. The summed E-state index contributed by atoms with van der Waals surface area (Å²) in [6.07, 6.45) is 4.35. The lowest BCUT2D eigenvalue weighted by atomic mass is 10.1. The van der Waals surface area contributed by atoms with Gasteiger partial charge in [-0.05, 0) is 30.5 Å². The molecule has 0 bridgehead atoms. The van der Waals surface area contributed by atoms with Crippen LogP contribution in [0.25, 0.3) is 10.8 Å². The molecule has 0 unspecified atom stereocenters. The van der Waals surface area contributed by atoms with E-state index in [1.165, 1.54) is 4.57 Å². The molecule has 0 aliphatic carbocycles. The maximum absolute atomic E-state index is 12.3. The zero-order valence-electron chi connectivity index (χ0n) is 15.2. The summed E-state index contributed by atoms with van der Waals surface area (Å²) in [4.78, 5) is 25.5. The molecule has 0 amide bonds. The maximum atomic E-state index is 12.3. The summed E-state index contributed by atoms with van der Waals surface area (Å²) in [5, 5.41) is 11.9. The van der Waals surface area contributed by atoms with E-state index in [1.54, 1.807) is 18.5 Å². The van der Waals surface area contributed by atoms with Gasteiger partial charge in [0.1, 0.15) is 0 Å². The molecule has 7 heteroatoms. The first-order chi connectivity index (χ1) is 13.2. The largest absolute Gasteiger partial charge is 0.494 e. The fourth-order valence-electron chi connectivity index (χ4n) is 3.58. The van der Waals surface area contributed by atoms with E-state index in [0.29, 0.717) is 11.9 Å². The number of hydrogen-bond acceptors (Lipinski definition) is 6. The van der Waals surface area contributed by atoms with Crippen molar-refractivity contribution in [2.45, 2.75) is 13.0 Å². The molecule has 1 aliphatic heterocycles. The number of anilines is 1. The first-order valence-corrected chi connectivity index (χ1v) is 9.28. The number of aromatic nitrogens is 3. The van der Waals surface area contributed by atoms with Gasteiger partial charge < -0.3 is 10.0 Å². The van der Waals surface area contributed by atoms with Crippen molar-refractivity contribution in [2.24, 2.45) is 0 Å². The van der Waals surface area contributed by atoms with E-state index in [4.69, 9.17) is 0 Å². The second-order valence-corrected chi connectivity index (χ2v) is 6.78. The predicted octanol–water partition coefficient (Wildman–Crippen LogP) is 1.71. The minimum Gasteiger partial charge on any atom is -0.494 e. The molecule has 4 rings (SSSR count). The molecular formula is C20H23N5O2. The standard InChI is InChI=1S/C20H23N5O2/c26-18-15-16-5-1-2-6-17(16)19(27)25(18)10-4-9-23-11-13-24(14-12-23)20-21-7-3-8-22-20/h1-3,5-8,15,27H,4,9-14H2. The molecule has 0 radical (unpaired) electrons. The number of benzene rings is 1. The molecule has 0 saturated carbocycles. The average Bonchev–Trinajstić information content (AvgIpc) is 2.71. The van der Waals surface area contributed by atoms with Gasteiger partial charge in [-0.2, -0.15) is 0 Å². The summed E-state index contributed by atoms with van der Waals surface area (Å²) in [7, 11) is 0. The summed E-state index contributed by atoms with van der Waals surface area (Å²) in [6.45, 7) is 5.07. The molecule has 27 heavy (non-hydrogen) atoms. The average molecular weight is 365 g/mol. The Morgan fingerprint density at radius 3 is 2.48 bits per heavy atom. The Morgan fingerprint density at radius 1 is 0.963 bits per heavy atom. The predicted molar refractivity (Wildman–Crippen MR) is 105 cm³/mol. The minimum absolute atomic E-state index is 0.0594. The number of piperazine rings is 1. The highest BCUT2D eigenvalue weighted by Gasteiger charge is 2.18. The third kappa shape index (κ3) is 3.78. The molecule has 7 nitrogen and oxygen atoms in total. The number of aromatic hydroxyl groups is 1. The molecule has 140 valence electrons. The van der Waals surface area contributed by atoms with Crippen LogP contribution >= 0.6 is 0 Å². The summed E-state index contributed by atoms with van der Waals surface area (Å²) < 4.78 is 1.47. The van der Waals surface area contributed by atoms with Gasteiger partial charge in [-0.3, -0.25) is 14.3 Å². The molecule has 1 fully saturated rings. The van der Waals surface area contributed by atoms with Crippen LogP contribution in [0.1, 0.15) is 6.42 Å². The Labute approximate surface area is 157 Å². The monoisotopic (exact) mass is 365 g/mol. The van der Waals surface area contributed by atoms with Crippen molar-refractivity contribution in [3.05, 3.63) is 59.1 Å². The van der Waals surface area contributed by atoms with Gasteiger partial charge in [0.2, 0.25) is 11.8 Å². The van der Waals surface area contributed by atoms with Crippen LogP contribution in [-0.4, -0.2) is 57.3 Å². The van der Waals surface area contributed by atoms with E-state index in [2.05, 4.69) is 19.8 Å². The van der Waals surface area contributed by atoms with Crippen LogP contribution in [0.3, 0.4) is 0 Å². The Morgan fingerprint density at radius 2 is 1.70 bits per heavy atom. The first-order valence-electron chi connectivity index (χ1n) is 9.28. The molecule has 2 aromatic heterocycles. The van der Waals surface area contributed by atoms with Crippen LogP contribution in [0.4, 0.5) is 5.95 Å². The Bertz CT molecular complexity index is 965. The molecule has 1 N–H and O–H groups in total. The van der Waals surface area contributed by atoms with E-state index in [0.717, 1.165) is 50.5 Å². The van der Waals surface area contributed by atoms with Gasteiger partial charge in [0, 0.05) is 56.6 Å². The molecule has 1 aromatic carbocycles. The molecule has 3 aromatic rings. The first kappa shape index (κ1) is 17.5. The number of fused-ring (bicyclic) bond motifs is 1. The fraction of sp³-hybridized carbons (Fsp3) is 0.350. The Balaban J connectivity index is 1.33. The zero-order chi connectivity index (χ0) is 18.6. The SMILES string of the molecule is O=c1cc2ccccc2c(O)n1CCCN1CCN(c2ncccn2)CC1. The minimum atomic E-state index is -0.155. The fourth-order valence-corrected chi connectivity index (χ4v) is 3.58. The molecular weight excluding hydrogens is 342 g/mol. The van der Waals surface area contributed by atoms with Crippen molar-refractivity contribution >= 4 is 16.7 Å². The second kappa shape index (κ2) is 7.75. The summed E-state index contributed by atoms with van der Waals surface area (Å²) >= 11 is 0. The van der Waals surface area contributed by atoms with Crippen LogP contribution in [0.2, 0.25) is 0 Å². The molecule has 1 saturated heterocycles. The van der Waals surface area contributed by atoms with E-state index in [1.807, 2.05) is 30.3 Å². The maximum Gasteiger partial charge on any atom is 0.253 e. The van der Waals surface area contributed by atoms with Gasteiger partial charge in [-0.15, -0.1) is 0 Å². The number of nitrogens with zero attached hydrogens (tertiary/aromatic N) is 5. The van der Waals surface area contributed by atoms with Gasteiger partial charge in [0.25, 0.3) is 5.56 Å². The Hall–Kier alpha value is -2.93. The van der Waals surface area contributed by atoms with Crippen molar-refractivity contribution < 1.29 is 5.11 Å². The topological polar surface area (TPSA) is 74.5 Å². The highest BCUT2D eigenvalue weighted by atomic mass is 16.3. The van der Waals surface area contributed by atoms with Crippen LogP contribution in [-0.2, 0) is 6.54 Å². The van der Waals surface area contributed by atoms with E-state index in [-0.39, 0.29) is 11.4 Å². The lowest BCUT2D eigenvalue weighted by molar-refractivity contribution is 0.247. The van der Waals surface area contributed by atoms with Gasteiger partial charge in [0.15, 0.2) is 0 Å². The molecule has 0 atom stereocenters. The van der Waals surface area contributed by atoms with Crippen molar-refractivity contribution in [1.29, 1.82) is 0 Å². The highest BCUT2D eigenvalue weighted by molar-refractivity contribution is 5.86. The molecule has 3 heterocycles. The molecule has 0 spiro atoms. The van der Waals surface area contributed by atoms with Crippen molar-refractivity contribution in [3.8, 4) is 5.88 Å². The van der Waals surface area contributed by atoms with Gasteiger partial charge in [-0.25, -0.2) is 9.97 Å². The van der Waals surface area contributed by atoms with Crippen LogP contribution in [0, 0.1) is 0 Å². The van der Waals surface area contributed by atoms with Crippen molar-refractivity contribution in [3.63, 3.8) is 0 Å². The third-order valence-electron chi connectivity index (χ3n) is 5.07. The third-order valence-corrected chi connectivity index (χ3v) is 5.07. The van der Waals surface area contributed by atoms with Crippen LogP contribution in [0.15, 0.2) is 53.6 Å². The second-order valence-electron chi connectivity index (χ2n) is 6.78. The normalized spacial score (nSPS) is 15.3. The van der Waals surface area contributed by atoms with Crippen molar-refractivity contribution in [2.75, 3.05) is 37.6 Å². The van der Waals surface area contributed by atoms with Gasteiger partial charge >= 0.3 is 0 Å².